The van der Waals surface area contributed by atoms with E-state index in [1.165, 1.54) is 11.1 Å². The molecule has 2 aliphatic rings. The Hall–Kier alpha value is -3.37. The van der Waals surface area contributed by atoms with E-state index in [2.05, 4.69) is 21.1 Å². The van der Waals surface area contributed by atoms with Gasteiger partial charge in [-0.15, -0.1) is 0 Å². The fourth-order valence-corrected chi connectivity index (χ4v) is 5.70. The minimum Gasteiger partial charge on any atom is -0.358 e. The SMILES string of the molecule is [C-]#[N+]c1cccc2c1CCCC2N1CCC(n2c(=O)n(CC(=O)NC)c3ccccc32)CC1. The third kappa shape index (κ3) is 3.75. The molecule has 1 atom stereocenters. The first kappa shape index (κ1) is 21.5. The van der Waals surface area contributed by atoms with Crippen molar-refractivity contribution in [3.8, 4) is 0 Å². The standard InChI is InChI=1S/C26H29N5O2/c1-27-21-9-5-8-20-19(21)7-6-12-22(20)29-15-13-18(14-16-29)31-24-11-4-3-10-23(24)30(26(31)33)17-25(32)28-2/h3-5,8-11,18,22H,6-7,12-17H2,2H3,(H,28,32). The van der Waals surface area contributed by atoms with Crippen molar-refractivity contribution < 1.29 is 4.79 Å². The van der Waals surface area contributed by atoms with Crippen LogP contribution in [0.15, 0.2) is 47.3 Å². The summed E-state index contributed by atoms with van der Waals surface area (Å²) in [6.07, 6.45) is 4.99. The minimum absolute atomic E-state index is 0.0317. The molecule has 1 amide bonds. The second-order valence-corrected chi connectivity index (χ2v) is 9.03. The van der Waals surface area contributed by atoms with Gasteiger partial charge < -0.3 is 5.32 Å². The summed E-state index contributed by atoms with van der Waals surface area (Å²) in [5, 5.41) is 2.62. The molecule has 3 aromatic rings. The summed E-state index contributed by atoms with van der Waals surface area (Å²) in [6, 6.07) is 14.4. The number of imidazole rings is 1. The van der Waals surface area contributed by atoms with Crippen LogP contribution in [0.1, 0.15) is 48.9 Å². The largest absolute Gasteiger partial charge is 0.358 e. The van der Waals surface area contributed by atoms with Crippen molar-refractivity contribution >= 4 is 22.6 Å². The number of rotatable bonds is 4. The van der Waals surface area contributed by atoms with Crippen LogP contribution in [0.5, 0.6) is 0 Å². The van der Waals surface area contributed by atoms with Gasteiger partial charge in [0.05, 0.1) is 17.6 Å². The number of fused-ring (bicyclic) bond motifs is 2. The quantitative estimate of drug-likeness (QED) is 0.624. The van der Waals surface area contributed by atoms with Gasteiger partial charge in [-0.3, -0.25) is 18.8 Å². The Bertz CT molecular complexity index is 1290. The molecular formula is C26H29N5O2. The highest BCUT2D eigenvalue weighted by molar-refractivity contribution is 5.80. The molecule has 7 nitrogen and oxygen atoms in total. The second kappa shape index (κ2) is 8.87. The summed E-state index contributed by atoms with van der Waals surface area (Å²) < 4.78 is 3.49. The molecule has 1 fully saturated rings. The fraction of sp³-hybridized carbons (Fsp3) is 0.423. The van der Waals surface area contributed by atoms with E-state index in [4.69, 9.17) is 6.57 Å². The summed E-state index contributed by atoms with van der Waals surface area (Å²) in [5.74, 6) is -0.176. The Morgan fingerprint density at radius 1 is 1.09 bits per heavy atom. The Kier molecular flexibility index (Phi) is 5.77. The van der Waals surface area contributed by atoms with Crippen LogP contribution in [-0.2, 0) is 17.8 Å². The van der Waals surface area contributed by atoms with Gasteiger partial charge >= 0.3 is 5.69 Å². The molecule has 33 heavy (non-hydrogen) atoms. The number of hydrogen-bond donors (Lipinski definition) is 1. The van der Waals surface area contributed by atoms with Crippen molar-refractivity contribution in [3.63, 3.8) is 0 Å². The van der Waals surface area contributed by atoms with Crippen molar-refractivity contribution in [1.82, 2.24) is 19.4 Å². The molecular weight excluding hydrogens is 414 g/mol. The van der Waals surface area contributed by atoms with Crippen molar-refractivity contribution in [2.24, 2.45) is 0 Å². The number of para-hydroxylation sites is 2. The monoisotopic (exact) mass is 443 g/mol. The number of carbonyl (C=O) groups is 1. The van der Waals surface area contributed by atoms with Gasteiger partial charge in [-0.1, -0.05) is 30.3 Å². The number of piperidine rings is 1. The van der Waals surface area contributed by atoms with E-state index in [0.29, 0.717) is 6.04 Å². The van der Waals surface area contributed by atoms with Gasteiger partial charge in [-0.05, 0) is 55.4 Å². The van der Waals surface area contributed by atoms with E-state index in [0.717, 1.165) is 61.9 Å². The van der Waals surface area contributed by atoms with Crippen molar-refractivity contribution in [1.29, 1.82) is 0 Å². The van der Waals surface area contributed by atoms with Crippen molar-refractivity contribution in [2.75, 3.05) is 20.1 Å². The lowest BCUT2D eigenvalue weighted by Gasteiger charge is -2.40. The average Bonchev–Trinajstić information content (AvgIpc) is 3.14. The molecule has 0 bridgehead atoms. The first-order valence-corrected chi connectivity index (χ1v) is 11.8. The number of benzene rings is 2. The number of nitrogens with zero attached hydrogens (tertiary/aromatic N) is 4. The Balaban J connectivity index is 1.40. The van der Waals surface area contributed by atoms with Crippen LogP contribution in [-0.4, -0.2) is 40.1 Å². The lowest BCUT2D eigenvalue weighted by molar-refractivity contribution is -0.121. The smallest absolute Gasteiger partial charge is 0.329 e. The molecule has 1 aliphatic heterocycles. The second-order valence-electron chi connectivity index (χ2n) is 9.03. The van der Waals surface area contributed by atoms with Gasteiger partial charge in [0.25, 0.3) is 0 Å². The first-order chi connectivity index (χ1) is 16.1. The fourth-order valence-electron chi connectivity index (χ4n) is 5.70. The minimum atomic E-state index is -0.176. The first-order valence-electron chi connectivity index (χ1n) is 11.8. The summed E-state index contributed by atoms with van der Waals surface area (Å²) in [5.41, 5.74) is 4.92. The maximum absolute atomic E-state index is 13.4. The van der Waals surface area contributed by atoms with Crippen molar-refractivity contribution in [3.05, 3.63) is 75.5 Å². The predicted molar refractivity (Wildman–Crippen MR) is 128 cm³/mol. The molecule has 5 rings (SSSR count). The zero-order valence-electron chi connectivity index (χ0n) is 19.0. The maximum atomic E-state index is 13.4. The van der Waals surface area contributed by atoms with Crippen LogP contribution in [0, 0.1) is 6.57 Å². The molecule has 1 aliphatic carbocycles. The van der Waals surface area contributed by atoms with E-state index in [9.17, 15) is 9.59 Å². The lowest BCUT2D eigenvalue weighted by atomic mass is 9.85. The van der Waals surface area contributed by atoms with Gasteiger partial charge in [0.2, 0.25) is 5.91 Å². The van der Waals surface area contributed by atoms with Gasteiger partial charge in [0, 0.05) is 32.2 Å². The Labute approximate surface area is 193 Å². The number of likely N-dealkylation sites (tertiary alicyclic amines) is 1. The highest BCUT2D eigenvalue weighted by atomic mass is 16.2. The van der Waals surface area contributed by atoms with Gasteiger partial charge in [0.15, 0.2) is 5.69 Å². The van der Waals surface area contributed by atoms with E-state index in [1.807, 2.05) is 41.0 Å². The summed E-state index contributed by atoms with van der Waals surface area (Å²) >= 11 is 0. The summed E-state index contributed by atoms with van der Waals surface area (Å²) in [7, 11) is 1.59. The number of carbonyl (C=O) groups excluding carboxylic acids is 1. The summed E-state index contributed by atoms with van der Waals surface area (Å²) in [6.45, 7) is 9.37. The highest BCUT2D eigenvalue weighted by Gasteiger charge is 2.32. The maximum Gasteiger partial charge on any atom is 0.329 e. The molecule has 7 heteroatoms. The number of hydrogen-bond acceptors (Lipinski definition) is 3. The number of aromatic nitrogens is 2. The molecule has 170 valence electrons. The molecule has 2 heterocycles. The van der Waals surface area contributed by atoms with Gasteiger partial charge in [0.1, 0.15) is 6.54 Å². The molecule has 1 N–H and O–H groups in total. The topological polar surface area (TPSA) is 63.6 Å². The third-order valence-electron chi connectivity index (χ3n) is 7.33. The van der Waals surface area contributed by atoms with Gasteiger partial charge in [-0.2, -0.15) is 0 Å². The van der Waals surface area contributed by atoms with Crippen LogP contribution in [0.2, 0.25) is 0 Å². The third-order valence-corrected chi connectivity index (χ3v) is 7.33. The van der Waals surface area contributed by atoms with Crippen LogP contribution in [0.25, 0.3) is 15.9 Å². The summed E-state index contributed by atoms with van der Waals surface area (Å²) in [4.78, 5) is 31.7. The molecule has 1 saturated heterocycles. The number of nitrogens with one attached hydrogen (secondary N) is 1. The Morgan fingerprint density at radius 3 is 2.58 bits per heavy atom. The predicted octanol–water partition coefficient (Wildman–Crippen LogP) is 3.81. The molecule has 1 aromatic heterocycles. The Morgan fingerprint density at radius 2 is 1.85 bits per heavy atom. The number of likely N-dealkylation sites (N-methyl/N-ethyl adjacent to an activating group) is 1. The highest BCUT2D eigenvalue weighted by Crippen LogP contribution is 2.40. The molecule has 0 radical (unpaired) electrons. The lowest BCUT2D eigenvalue weighted by Crippen LogP contribution is -2.41. The molecule has 2 aromatic carbocycles. The van der Waals surface area contributed by atoms with Crippen LogP contribution < -0.4 is 11.0 Å². The zero-order chi connectivity index (χ0) is 22.9. The van der Waals surface area contributed by atoms with Gasteiger partial charge in [-0.25, -0.2) is 9.64 Å². The zero-order valence-corrected chi connectivity index (χ0v) is 19.0. The molecule has 0 spiro atoms. The van der Waals surface area contributed by atoms with E-state index in [1.54, 1.807) is 11.6 Å². The molecule has 1 unspecified atom stereocenters. The van der Waals surface area contributed by atoms with E-state index in [-0.39, 0.29) is 24.2 Å². The van der Waals surface area contributed by atoms with Crippen molar-refractivity contribution in [2.45, 2.75) is 50.7 Å². The van der Waals surface area contributed by atoms with E-state index >= 15 is 0 Å². The van der Waals surface area contributed by atoms with E-state index < -0.39 is 0 Å². The molecule has 0 saturated carbocycles. The number of amides is 1. The normalized spacial score (nSPS) is 19.2. The van der Waals surface area contributed by atoms with Crippen LogP contribution >= 0.6 is 0 Å². The van der Waals surface area contributed by atoms with Crippen LogP contribution in [0.4, 0.5) is 5.69 Å². The van der Waals surface area contributed by atoms with Crippen LogP contribution in [0.3, 0.4) is 0 Å². The average molecular weight is 444 g/mol.